The van der Waals surface area contributed by atoms with Gasteiger partial charge in [0.05, 0.1) is 0 Å². The fourth-order valence-corrected chi connectivity index (χ4v) is 1.05. The molecule has 0 fully saturated rings. The van der Waals surface area contributed by atoms with E-state index in [0.717, 1.165) is 32.2 Å². The molecule has 0 rings (SSSR count). The number of Topliss-reactive ketones (excluding diaryl/α,β-unsaturated/α-hetero) is 1. The van der Waals surface area contributed by atoms with Crippen LogP contribution in [-0.2, 0) is 9.53 Å². The number of hydrogen-bond acceptors (Lipinski definition) is 3. The molecular formula is C9H19NO2. The van der Waals surface area contributed by atoms with Crippen LogP contribution in [0.1, 0.15) is 32.1 Å². The second-order valence-electron chi connectivity index (χ2n) is 2.92. The first-order chi connectivity index (χ1) is 5.81. The highest BCUT2D eigenvalue weighted by atomic mass is 16.5. The van der Waals surface area contributed by atoms with Crippen molar-refractivity contribution in [3.8, 4) is 0 Å². The molecule has 0 aliphatic carbocycles. The van der Waals surface area contributed by atoms with Crippen molar-refractivity contribution in [3.05, 3.63) is 0 Å². The number of hydrogen-bond donors (Lipinski definition) is 1. The third kappa shape index (κ3) is 7.69. The molecular weight excluding hydrogens is 154 g/mol. The van der Waals surface area contributed by atoms with E-state index in [0.29, 0.717) is 6.42 Å². The first-order valence-electron chi connectivity index (χ1n) is 4.52. The van der Waals surface area contributed by atoms with Gasteiger partial charge in [-0.25, -0.2) is 0 Å². The molecule has 0 aromatic carbocycles. The van der Waals surface area contributed by atoms with Gasteiger partial charge in [-0.1, -0.05) is 12.8 Å². The summed E-state index contributed by atoms with van der Waals surface area (Å²) in [6, 6.07) is 0. The summed E-state index contributed by atoms with van der Waals surface area (Å²) in [5.74, 6) is 0.199. The summed E-state index contributed by atoms with van der Waals surface area (Å²) in [5, 5.41) is 0. The minimum Gasteiger partial charge on any atom is -0.377 e. The number of methoxy groups -OCH3 is 1. The number of carbonyl (C=O) groups excluding carboxylic acids is 1. The van der Waals surface area contributed by atoms with Gasteiger partial charge in [-0.15, -0.1) is 0 Å². The Labute approximate surface area is 74.3 Å². The van der Waals surface area contributed by atoms with Crippen LogP contribution in [0.15, 0.2) is 0 Å². The molecule has 3 heteroatoms. The summed E-state index contributed by atoms with van der Waals surface area (Å²) >= 11 is 0. The Morgan fingerprint density at radius 2 is 1.92 bits per heavy atom. The minimum atomic E-state index is 0.199. The molecule has 0 unspecified atom stereocenters. The van der Waals surface area contributed by atoms with E-state index in [1.54, 1.807) is 7.11 Å². The molecule has 0 bridgehead atoms. The van der Waals surface area contributed by atoms with Gasteiger partial charge in [-0.05, 0) is 19.4 Å². The van der Waals surface area contributed by atoms with Gasteiger partial charge in [-0.2, -0.15) is 0 Å². The lowest BCUT2D eigenvalue weighted by atomic mass is 10.1. The molecule has 0 heterocycles. The summed E-state index contributed by atoms with van der Waals surface area (Å²) < 4.78 is 4.71. The first-order valence-corrected chi connectivity index (χ1v) is 4.52. The maximum atomic E-state index is 10.9. The molecule has 0 atom stereocenters. The molecule has 3 nitrogen and oxygen atoms in total. The molecule has 0 radical (unpaired) electrons. The Hall–Kier alpha value is -0.410. The van der Waals surface area contributed by atoms with Gasteiger partial charge >= 0.3 is 0 Å². The van der Waals surface area contributed by atoms with E-state index < -0.39 is 0 Å². The Morgan fingerprint density at radius 3 is 2.50 bits per heavy atom. The van der Waals surface area contributed by atoms with Gasteiger partial charge in [0, 0.05) is 13.5 Å². The van der Waals surface area contributed by atoms with Crippen molar-refractivity contribution < 1.29 is 9.53 Å². The van der Waals surface area contributed by atoms with Crippen LogP contribution in [0.2, 0.25) is 0 Å². The quantitative estimate of drug-likeness (QED) is 0.559. The predicted molar refractivity (Wildman–Crippen MR) is 49.0 cm³/mol. The van der Waals surface area contributed by atoms with E-state index in [4.69, 9.17) is 10.5 Å². The molecule has 0 aromatic heterocycles. The highest BCUT2D eigenvalue weighted by Crippen LogP contribution is 2.02. The smallest absolute Gasteiger partial charge is 0.158 e. The summed E-state index contributed by atoms with van der Waals surface area (Å²) in [6.45, 7) is 1.02. The van der Waals surface area contributed by atoms with E-state index >= 15 is 0 Å². The SMILES string of the molecule is COCC(=O)CCCCCCN. The molecule has 0 amide bonds. The van der Waals surface area contributed by atoms with Crippen LogP contribution in [0.5, 0.6) is 0 Å². The zero-order valence-corrected chi connectivity index (χ0v) is 7.84. The molecule has 0 saturated heterocycles. The van der Waals surface area contributed by atoms with E-state index in [-0.39, 0.29) is 12.4 Å². The lowest BCUT2D eigenvalue weighted by molar-refractivity contribution is -0.122. The molecule has 2 N–H and O–H groups in total. The topological polar surface area (TPSA) is 52.3 Å². The van der Waals surface area contributed by atoms with Crippen molar-refractivity contribution >= 4 is 5.78 Å². The summed E-state index contributed by atoms with van der Waals surface area (Å²) in [5.41, 5.74) is 5.33. The van der Waals surface area contributed by atoms with Crippen LogP contribution in [0.25, 0.3) is 0 Å². The molecule has 12 heavy (non-hydrogen) atoms. The van der Waals surface area contributed by atoms with Crippen molar-refractivity contribution in [2.75, 3.05) is 20.3 Å². The molecule has 0 saturated carbocycles. The summed E-state index contributed by atoms with van der Waals surface area (Å²) in [7, 11) is 1.55. The van der Waals surface area contributed by atoms with Crippen LogP contribution in [0, 0.1) is 0 Å². The second-order valence-corrected chi connectivity index (χ2v) is 2.92. The van der Waals surface area contributed by atoms with Gasteiger partial charge in [0.15, 0.2) is 5.78 Å². The van der Waals surface area contributed by atoms with Gasteiger partial charge in [-0.3, -0.25) is 4.79 Å². The third-order valence-corrected chi connectivity index (χ3v) is 1.72. The van der Waals surface area contributed by atoms with Crippen LogP contribution in [-0.4, -0.2) is 26.0 Å². The van der Waals surface area contributed by atoms with Crippen molar-refractivity contribution in [2.45, 2.75) is 32.1 Å². The maximum absolute atomic E-state index is 10.9. The molecule has 72 valence electrons. The Kier molecular flexibility index (Phi) is 8.39. The monoisotopic (exact) mass is 173 g/mol. The summed E-state index contributed by atoms with van der Waals surface area (Å²) in [6.07, 6.45) is 4.93. The normalized spacial score (nSPS) is 10.2. The standard InChI is InChI=1S/C9H19NO2/c1-12-8-9(11)6-4-2-3-5-7-10/h2-8,10H2,1H3. The number of carbonyl (C=O) groups is 1. The lowest BCUT2D eigenvalue weighted by Crippen LogP contribution is -2.05. The molecule has 0 aliphatic heterocycles. The fraction of sp³-hybridized carbons (Fsp3) is 0.889. The number of nitrogens with two attached hydrogens (primary N) is 1. The van der Waals surface area contributed by atoms with E-state index in [1.165, 1.54) is 0 Å². The maximum Gasteiger partial charge on any atom is 0.158 e. The van der Waals surface area contributed by atoms with Gasteiger partial charge < -0.3 is 10.5 Å². The van der Waals surface area contributed by atoms with Crippen molar-refractivity contribution in [3.63, 3.8) is 0 Å². The van der Waals surface area contributed by atoms with Gasteiger partial charge in [0.2, 0.25) is 0 Å². The highest BCUT2D eigenvalue weighted by Gasteiger charge is 1.99. The third-order valence-electron chi connectivity index (χ3n) is 1.72. The van der Waals surface area contributed by atoms with Gasteiger partial charge in [0.1, 0.15) is 6.61 Å². The first kappa shape index (κ1) is 11.6. The summed E-state index contributed by atoms with van der Waals surface area (Å²) in [4.78, 5) is 10.9. The van der Waals surface area contributed by atoms with E-state index in [2.05, 4.69) is 0 Å². The number of rotatable bonds is 8. The number of unbranched alkanes of at least 4 members (excludes halogenated alkanes) is 3. The Morgan fingerprint density at radius 1 is 1.25 bits per heavy atom. The zero-order chi connectivity index (χ0) is 9.23. The minimum absolute atomic E-state index is 0.199. The van der Waals surface area contributed by atoms with Crippen LogP contribution in [0.3, 0.4) is 0 Å². The number of ketones is 1. The predicted octanol–water partition coefficient (Wildman–Crippen LogP) is 1.11. The Balaban J connectivity index is 3.03. The molecule has 0 aromatic rings. The van der Waals surface area contributed by atoms with Crippen LogP contribution < -0.4 is 5.73 Å². The van der Waals surface area contributed by atoms with Gasteiger partial charge in [0.25, 0.3) is 0 Å². The highest BCUT2D eigenvalue weighted by molar-refractivity contribution is 5.79. The van der Waals surface area contributed by atoms with E-state index in [1.807, 2.05) is 0 Å². The van der Waals surface area contributed by atoms with Crippen LogP contribution >= 0.6 is 0 Å². The lowest BCUT2D eigenvalue weighted by Gasteiger charge is -1.99. The average Bonchev–Trinajstić information content (AvgIpc) is 2.05. The second kappa shape index (κ2) is 8.68. The van der Waals surface area contributed by atoms with Crippen molar-refractivity contribution in [1.29, 1.82) is 0 Å². The van der Waals surface area contributed by atoms with Crippen LogP contribution in [0.4, 0.5) is 0 Å². The number of ether oxygens (including phenoxy) is 1. The molecule has 0 aliphatic rings. The fourth-order valence-electron chi connectivity index (χ4n) is 1.05. The van der Waals surface area contributed by atoms with Crippen molar-refractivity contribution in [2.24, 2.45) is 5.73 Å². The van der Waals surface area contributed by atoms with Crippen molar-refractivity contribution in [1.82, 2.24) is 0 Å². The largest absolute Gasteiger partial charge is 0.377 e. The molecule has 0 spiro atoms. The average molecular weight is 173 g/mol. The Bertz CT molecular complexity index is 115. The van der Waals surface area contributed by atoms with E-state index in [9.17, 15) is 4.79 Å². The zero-order valence-electron chi connectivity index (χ0n) is 7.84.